The van der Waals surface area contributed by atoms with Crippen LogP contribution >= 0.6 is 0 Å². The van der Waals surface area contributed by atoms with Crippen LogP contribution in [0.1, 0.15) is 6.92 Å². The van der Waals surface area contributed by atoms with Crippen LogP contribution in [-0.4, -0.2) is 38.4 Å². The molecule has 11 heteroatoms. The minimum atomic E-state index is -4.11. The van der Waals surface area contributed by atoms with Crippen molar-refractivity contribution < 1.29 is 22.1 Å². The van der Waals surface area contributed by atoms with Gasteiger partial charge in [-0.3, -0.25) is 10.1 Å². The number of alkyl halides is 2. The number of nitrogens with one attached hydrogen (secondary N) is 2. The number of halogens is 2. The highest BCUT2D eigenvalue weighted by Gasteiger charge is 2.46. The van der Waals surface area contributed by atoms with E-state index in [4.69, 9.17) is 5.14 Å². The highest BCUT2D eigenvalue weighted by molar-refractivity contribution is 7.89. The topological polar surface area (TPSA) is 127 Å². The van der Waals surface area contributed by atoms with E-state index in [1.54, 1.807) is 0 Å². The molecule has 0 radical (unpaired) electrons. The first-order valence-corrected chi connectivity index (χ1v) is 8.20. The fourth-order valence-corrected chi connectivity index (χ4v) is 2.91. The van der Waals surface area contributed by atoms with Crippen LogP contribution in [0.15, 0.2) is 23.1 Å². The summed E-state index contributed by atoms with van der Waals surface area (Å²) in [6, 6.07) is 3.07. The number of rotatable bonds is 6. The van der Waals surface area contributed by atoms with Gasteiger partial charge < -0.3 is 10.6 Å². The molecule has 0 saturated carbocycles. The molecule has 1 aromatic carbocycles. The van der Waals surface area contributed by atoms with E-state index in [9.17, 15) is 27.3 Å². The van der Waals surface area contributed by atoms with E-state index >= 15 is 0 Å². The molecule has 128 valence electrons. The second kappa shape index (κ2) is 5.98. The van der Waals surface area contributed by atoms with E-state index in [1.165, 1.54) is 6.92 Å². The smallest absolute Gasteiger partial charge is 0.293 e. The number of sulfonamides is 1. The van der Waals surface area contributed by atoms with Crippen LogP contribution in [0.4, 0.5) is 20.2 Å². The number of nitro benzene ring substituents is 1. The largest absolute Gasteiger partial charge is 0.371 e. The highest BCUT2D eigenvalue weighted by Crippen LogP contribution is 2.35. The lowest BCUT2D eigenvalue weighted by Gasteiger charge is -2.47. The third kappa shape index (κ3) is 3.41. The maximum atomic E-state index is 13.0. The first-order chi connectivity index (χ1) is 10.6. The number of hydrogen-bond acceptors (Lipinski definition) is 6. The molecule has 1 unspecified atom stereocenters. The highest BCUT2D eigenvalue weighted by atomic mass is 32.2. The first-order valence-electron chi connectivity index (χ1n) is 6.65. The van der Waals surface area contributed by atoms with Crippen LogP contribution in [0.25, 0.3) is 0 Å². The van der Waals surface area contributed by atoms with E-state index in [-0.39, 0.29) is 18.8 Å². The van der Waals surface area contributed by atoms with E-state index in [2.05, 4.69) is 10.6 Å². The Morgan fingerprint density at radius 1 is 1.43 bits per heavy atom. The molecule has 1 aromatic rings. The summed E-state index contributed by atoms with van der Waals surface area (Å²) in [4.78, 5) is 9.96. The summed E-state index contributed by atoms with van der Waals surface area (Å²) < 4.78 is 48.6. The van der Waals surface area contributed by atoms with E-state index < -0.39 is 43.4 Å². The van der Waals surface area contributed by atoms with Crippen molar-refractivity contribution in [2.45, 2.75) is 23.8 Å². The SMILES string of the molecule is CC(C(F)F)C1(Nc2ccc(S(N)(=O)=O)cc2[N+](=O)[O-])CNC1. The van der Waals surface area contributed by atoms with Gasteiger partial charge in [0.2, 0.25) is 16.4 Å². The minimum absolute atomic E-state index is 0.0311. The summed E-state index contributed by atoms with van der Waals surface area (Å²) in [5.74, 6) is -1.05. The first kappa shape index (κ1) is 17.5. The van der Waals surface area contributed by atoms with Crippen molar-refractivity contribution in [2.75, 3.05) is 18.4 Å². The predicted octanol–water partition coefficient (Wildman–Crippen LogP) is 0.897. The van der Waals surface area contributed by atoms with Crippen molar-refractivity contribution in [3.63, 3.8) is 0 Å². The molecule has 1 heterocycles. The molecular weight excluding hydrogens is 334 g/mol. The number of nitrogens with zero attached hydrogens (tertiary/aromatic N) is 1. The van der Waals surface area contributed by atoms with Crippen molar-refractivity contribution >= 4 is 21.4 Å². The number of anilines is 1. The standard InChI is InChI=1S/C12H16F2N4O4S/c1-7(11(13)14)12(5-16-6-12)17-9-3-2-8(23(15,21)22)4-10(9)18(19)20/h2-4,7,11,16-17H,5-6H2,1H3,(H2,15,21,22). The third-order valence-electron chi connectivity index (χ3n) is 4.01. The van der Waals surface area contributed by atoms with Gasteiger partial charge in [0.15, 0.2) is 0 Å². The summed E-state index contributed by atoms with van der Waals surface area (Å²) in [5.41, 5.74) is -1.61. The molecule has 2 rings (SSSR count). The molecule has 1 atom stereocenters. The number of primary sulfonamides is 1. The van der Waals surface area contributed by atoms with Crippen molar-refractivity contribution in [3.05, 3.63) is 28.3 Å². The van der Waals surface area contributed by atoms with Crippen molar-refractivity contribution in [1.82, 2.24) is 5.32 Å². The van der Waals surface area contributed by atoms with Gasteiger partial charge in [-0.15, -0.1) is 0 Å². The van der Waals surface area contributed by atoms with Gasteiger partial charge in [-0.1, -0.05) is 6.92 Å². The lowest BCUT2D eigenvalue weighted by atomic mass is 9.79. The fourth-order valence-electron chi connectivity index (χ4n) is 2.37. The molecule has 0 bridgehead atoms. The van der Waals surface area contributed by atoms with Crippen molar-refractivity contribution in [2.24, 2.45) is 11.1 Å². The third-order valence-corrected chi connectivity index (χ3v) is 4.92. The molecule has 0 spiro atoms. The molecule has 0 aromatic heterocycles. The summed E-state index contributed by atoms with van der Waals surface area (Å²) in [5, 5.41) is 21.8. The number of nitrogens with two attached hydrogens (primary N) is 1. The van der Waals surface area contributed by atoms with E-state index in [1.807, 2.05) is 0 Å². The number of nitro groups is 1. The van der Waals surface area contributed by atoms with E-state index in [0.717, 1.165) is 18.2 Å². The predicted molar refractivity (Wildman–Crippen MR) is 78.9 cm³/mol. The Morgan fingerprint density at radius 3 is 2.43 bits per heavy atom. The molecule has 0 amide bonds. The average molecular weight is 350 g/mol. The Hall–Kier alpha value is -1.85. The molecular formula is C12H16F2N4O4S. The maximum Gasteiger partial charge on any atom is 0.293 e. The maximum absolute atomic E-state index is 13.0. The molecule has 1 aliphatic heterocycles. The quantitative estimate of drug-likeness (QED) is 0.517. The molecule has 8 nitrogen and oxygen atoms in total. The fraction of sp³-hybridized carbons (Fsp3) is 0.500. The zero-order chi connectivity index (χ0) is 17.4. The molecule has 0 aliphatic carbocycles. The van der Waals surface area contributed by atoms with Gasteiger partial charge in [0.05, 0.1) is 15.4 Å². The Balaban J connectivity index is 2.41. The zero-order valence-corrected chi connectivity index (χ0v) is 12.9. The number of benzene rings is 1. The van der Waals surface area contributed by atoms with Gasteiger partial charge in [-0.05, 0) is 12.1 Å². The van der Waals surface area contributed by atoms with Gasteiger partial charge >= 0.3 is 0 Å². The van der Waals surface area contributed by atoms with Crippen LogP contribution in [0.3, 0.4) is 0 Å². The molecule has 1 aliphatic rings. The van der Waals surface area contributed by atoms with E-state index in [0.29, 0.717) is 0 Å². The summed E-state index contributed by atoms with van der Waals surface area (Å²) in [7, 11) is -4.11. The average Bonchev–Trinajstić information content (AvgIpc) is 2.40. The van der Waals surface area contributed by atoms with Crippen LogP contribution in [0.5, 0.6) is 0 Å². The molecule has 1 fully saturated rings. The van der Waals surface area contributed by atoms with Gasteiger partial charge in [-0.2, -0.15) is 0 Å². The minimum Gasteiger partial charge on any atom is -0.371 e. The second-order valence-corrected chi connectivity index (χ2v) is 7.05. The Morgan fingerprint density at radius 2 is 2.04 bits per heavy atom. The van der Waals surface area contributed by atoms with Crippen LogP contribution in [0, 0.1) is 16.0 Å². The summed E-state index contributed by atoms with van der Waals surface area (Å²) in [6.07, 6.45) is -2.60. The Kier molecular flexibility index (Phi) is 4.55. The molecule has 1 saturated heterocycles. The summed E-state index contributed by atoms with van der Waals surface area (Å²) in [6.45, 7) is 1.78. The second-order valence-electron chi connectivity index (χ2n) is 5.49. The van der Waals surface area contributed by atoms with Gasteiger partial charge in [0, 0.05) is 25.1 Å². The zero-order valence-electron chi connectivity index (χ0n) is 12.1. The number of hydrogen-bond donors (Lipinski definition) is 3. The van der Waals surface area contributed by atoms with Gasteiger partial charge in [0.25, 0.3) is 5.69 Å². The van der Waals surface area contributed by atoms with Gasteiger partial charge in [-0.25, -0.2) is 22.3 Å². The normalized spacial score (nSPS) is 18.3. The van der Waals surface area contributed by atoms with Crippen molar-refractivity contribution in [3.8, 4) is 0 Å². The van der Waals surface area contributed by atoms with Crippen molar-refractivity contribution in [1.29, 1.82) is 0 Å². The van der Waals surface area contributed by atoms with Crippen LogP contribution in [-0.2, 0) is 10.0 Å². The molecule has 4 N–H and O–H groups in total. The Labute approximate surface area is 131 Å². The van der Waals surface area contributed by atoms with Crippen LogP contribution < -0.4 is 15.8 Å². The van der Waals surface area contributed by atoms with Crippen LogP contribution in [0.2, 0.25) is 0 Å². The summed E-state index contributed by atoms with van der Waals surface area (Å²) >= 11 is 0. The van der Waals surface area contributed by atoms with Gasteiger partial charge in [0.1, 0.15) is 5.69 Å². The Bertz CT molecular complexity index is 722. The lowest BCUT2D eigenvalue weighted by molar-refractivity contribution is -0.384. The lowest BCUT2D eigenvalue weighted by Crippen LogP contribution is -2.68. The monoisotopic (exact) mass is 350 g/mol. The molecule has 23 heavy (non-hydrogen) atoms.